The van der Waals surface area contributed by atoms with E-state index in [9.17, 15) is 8.42 Å². The van der Waals surface area contributed by atoms with Crippen molar-refractivity contribution in [2.45, 2.75) is 19.2 Å². The number of nitrogens with zero attached hydrogens (tertiary/aromatic N) is 1. The molecule has 0 fully saturated rings. The Morgan fingerprint density at radius 2 is 1.95 bits per heavy atom. The number of nitrogens with two attached hydrogens (primary N) is 1. The van der Waals surface area contributed by atoms with E-state index in [-0.39, 0.29) is 5.75 Å². The average molecular weight is 310 g/mol. The third kappa shape index (κ3) is 3.59. The van der Waals surface area contributed by atoms with Gasteiger partial charge in [0.2, 0.25) is 10.0 Å². The van der Waals surface area contributed by atoms with Gasteiger partial charge in [0.15, 0.2) is 0 Å². The number of rotatable bonds is 6. The van der Waals surface area contributed by atoms with Gasteiger partial charge in [-0.15, -0.1) is 11.3 Å². The van der Waals surface area contributed by atoms with Gasteiger partial charge in [-0.1, -0.05) is 31.2 Å². The van der Waals surface area contributed by atoms with E-state index in [4.69, 9.17) is 5.73 Å². The zero-order valence-corrected chi connectivity index (χ0v) is 13.0. The van der Waals surface area contributed by atoms with Crippen molar-refractivity contribution < 1.29 is 8.42 Å². The summed E-state index contributed by atoms with van der Waals surface area (Å²) in [5.41, 5.74) is 6.99. The Kier molecular flexibility index (Phi) is 4.80. The van der Waals surface area contributed by atoms with Crippen LogP contribution in [0.25, 0.3) is 0 Å². The highest BCUT2D eigenvalue weighted by molar-refractivity contribution is 7.88. The van der Waals surface area contributed by atoms with Crippen molar-refractivity contribution in [1.82, 2.24) is 4.31 Å². The number of hydrogen-bond donors (Lipinski definition) is 1. The second-order valence-electron chi connectivity index (χ2n) is 4.46. The first-order valence-electron chi connectivity index (χ1n) is 6.36. The molecule has 0 aliphatic carbocycles. The molecule has 0 radical (unpaired) electrons. The lowest BCUT2D eigenvalue weighted by molar-refractivity contribution is 0.425. The van der Waals surface area contributed by atoms with Crippen LogP contribution in [-0.4, -0.2) is 19.3 Å². The van der Waals surface area contributed by atoms with Crippen molar-refractivity contribution in [2.24, 2.45) is 0 Å². The first kappa shape index (κ1) is 15.0. The van der Waals surface area contributed by atoms with Crippen molar-refractivity contribution in [3.63, 3.8) is 0 Å². The highest BCUT2D eigenvalue weighted by Crippen LogP contribution is 2.20. The highest BCUT2D eigenvalue weighted by atomic mass is 32.2. The van der Waals surface area contributed by atoms with E-state index in [1.54, 1.807) is 35.6 Å². The summed E-state index contributed by atoms with van der Waals surface area (Å²) in [6.07, 6.45) is 0. The molecule has 1 aromatic heterocycles. The van der Waals surface area contributed by atoms with E-state index in [1.165, 1.54) is 4.31 Å². The molecule has 1 aromatic carbocycles. The number of sulfonamides is 1. The second kappa shape index (κ2) is 6.39. The molecule has 0 bridgehead atoms. The quantitative estimate of drug-likeness (QED) is 0.834. The van der Waals surface area contributed by atoms with Gasteiger partial charge in [-0.3, -0.25) is 0 Å². The highest BCUT2D eigenvalue weighted by Gasteiger charge is 2.22. The maximum Gasteiger partial charge on any atom is 0.218 e. The molecule has 0 unspecified atom stereocenters. The fourth-order valence-corrected chi connectivity index (χ4v) is 4.31. The summed E-state index contributed by atoms with van der Waals surface area (Å²) in [5.74, 6) is -0.0567. The normalized spacial score (nSPS) is 11.9. The molecule has 2 N–H and O–H groups in total. The Labute approximate surface area is 123 Å². The molecule has 0 aliphatic rings. The van der Waals surface area contributed by atoms with Crippen LogP contribution in [-0.2, 0) is 22.3 Å². The van der Waals surface area contributed by atoms with Gasteiger partial charge in [0.25, 0.3) is 0 Å². The second-order valence-corrected chi connectivity index (χ2v) is 7.46. The van der Waals surface area contributed by atoms with Crippen LogP contribution in [0.4, 0.5) is 5.69 Å². The number of thiophene rings is 1. The fourth-order valence-electron chi connectivity index (χ4n) is 1.94. The largest absolute Gasteiger partial charge is 0.398 e. The van der Waals surface area contributed by atoms with E-state index < -0.39 is 10.0 Å². The molecule has 2 rings (SSSR count). The molecule has 0 spiro atoms. The van der Waals surface area contributed by atoms with Crippen LogP contribution in [0.15, 0.2) is 41.8 Å². The molecule has 108 valence electrons. The van der Waals surface area contributed by atoms with Crippen molar-refractivity contribution in [3.05, 3.63) is 52.2 Å². The average Bonchev–Trinajstić information content (AvgIpc) is 2.91. The Balaban J connectivity index is 2.17. The smallest absolute Gasteiger partial charge is 0.218 e. The molecule has 2 aromatic rings. The Morgan fingerprint density at radius 3 is 2.55 bits per heavy atom. The minimum Gasteiger partial charge on any atom is -0.398 e. The third-order valence-corrected chi connectivity index (χ3v) is 5.76. The molecule has 0 saturated heterocycles. The van der Waals surface area contributed by atoms with Gasteiger partial charge < -0.3 is 5.73 Å². The minimum atomic E-state index is -3.36. The van der Waals surface area contributed by atoms with E-state index in [1.807, 2.05) is 24.4 Å². The van der Waals surface area contributed by atoms with Crippen LogP contribution in [0.1, 0.15) is 17.4 Å². The van der Waals surface area contributed by atoms with E-state index in [0.29, 0.717) is 24.3 Å². The number of para-hydroxylation sites is 1. The summed E-state index contributed by atoms with van der Waals surface area (Å²) in [6, 6.07) is 11.0. The van der Waals surface area contributed by atoms with Crippen LogP contribution in [0, 0.1) is 0 Å². The van der Waals surface area contributed by atoms with Gasteiger partial charge in [-0.05, 0) is 23.1 Å². The molecule has 0 saturated carbocycles. The summed E-state index contributed by atoms with van der Waals surface area (Å²) in [4.78, 5) is 1.04. The predicted octanol–water partition coefficient (Wildman–Crippen LogP) is 2.68. The van der Waals surface area contributed by atoms with Crippen molar-refractivity contribution in [1.29, 1.82) is 0 Å². The molecule has 20 heavy (non-hydrogen) atoms. The van der Waals surface area contributed by atoms with Gasteiger partial charge in [-0.2, -0.15) is 4.31 Å². The van der Waals surface area contributed by atoms with Crippen LogP contribution < -0.4 is 5.73 Å². The SMILES string of the molecule is CCN(Cc1cccs1)S(=O)(=O)Cc1ccccc1N. The van der Waals surface area contributed by atoms with Crippen molar-refractivity contribution >= 4 is 27.0 Å². The molecular weight excluding hydrogens is 292 g/mol. The van der Waals surface area contributed by atoms with Crippen LogP contribution >= 0.6 is 11.3 Å². The first-order chi connectivity index (χ1) is 9.53. The summed E-state index contributed by atoms with van der Waals surface area (Å²) in [6.45, 7) is 2.72. The van der Waals surface area contributed by atoms with Crippen LogP contribution in [0.5, 0.6) is 0 Å². The van der Waals surface area contributed by atoms with E-state index in [0.717, 1.165) is 4.88 Å². The topological polar surface area (TPSA) is 63.4 Å². The summed E-state index contributed by atoms with van der Waals surface area (Å²) >= 11 is 1.56. The lowest BCUT2D eigenvalue weighted by Crippen LogP contribution is -2.31. The van der Waals surface area contributed by atoms with E-state index >= 15 is 0 Å². The molecule has 4 nitrogen and oxygen atoms in total. The number of hydrogen-bond acceptors (Lipinski definition) is 4. The maximum absolute atomic E-state index is 12.5. The standard InChI is InChI=1S/C14H18N2O2S2/c1-2-16(10-13-7-5-9-19-13)20(17,18)11-12-6-3-4-8-14(12)15/h3-9H,2,10-11,15H2,1H3. The van der Waals surface area contributed by atoms with Gasteiger partial charge in [-0.25, -0.2) is 8.42 Å². The van der Waals surface area contributed by atoms with Gasteiger partial charge in [0.1, 0.15) is 0 Å². The van der Waals surface area contributed by atoms with Gasteiger partial charge >= 0.3 is 0 Å². The van der Waals surface area contributed by atoms with Crippen molar-refractivity contribution in [2.75, 3.05) is 12.3 Å². The van der Waals surface area contributed by atoms with Crippen molar-refractivity contribution in [3.8, 4) is 0 Å². The molecule has 0 amide bonds. The zero-order chi connectivity index (χ0) is 14.6. The molecular formula is C14H18N2O2S2. The van der Waals surface area contributed by atoms with Gasteiger partial charge in [0, 0.05) is 23.7 Å². The Hall–Kier alpha value is -1.37. The number of nitrogen functional groups attached to an aromatic ring is 1. The van der Waals surface area contributed by atoms with Crippen LogP contribution in [0.3, 0.4) is 0 Å². The summed E-state index contributed by atoms with van der Waals surface area (Å²) in [5, 5.41) is 1.95. The monoisotopic (exact) mass is 310 g/mol. The van der Waals surface area contributed by atoms with Gasteiger partial charge in [0.05, 0.1) is 5.75 Å². The minimum absolute atomic E-state index is 0.0567. The molecule has 0 aliphatic heterocycles. The Morgan fingerprint density at radius 1 is 1.20 bits per heavy atom. The fraction of sp³-hybridized carbons (Fsp3) is 0.286. The lowest BCUT2D eigenvalue weighted by Gasteiger charge is -2.20. The maximum atomic E-state index is 12.5. The molecule has 1 heterocycles. The Bertz CT molecular complexity index is 652. The lowest BCUT2D eigenvalue weighted by atomic mass is 10.2. The summed E-state index contributed by atoms with van der Waals surface area (Å²) in [7, 11) is -3.36. The first-order valence-corrected chi connectivity index (χ1v) is 8.85. The number of benzene rings is 1. The zero-order valence-electron chi connectivity index (χ0n) is 11.3. The van der Waals surface area contributed by atoms with E-state index in [2.05, 4.69) is 0 Å². The molecule has 6 heteroatoms. The predicted molar refractivity (Wildman–Crippen MR) is 83.9 cm³/mol. The number of anilines is 1. The van der Waals surface area contributed by atoms with Crippen LogP contribution in [0.2, 0.25) is 0 Å². The molecule has 0 atom stereocenters. The summed E-state index contributed by atoms with van der Waals surface area (Å²) < 4.78 is 26.5. The third-order valence-electron chi connectivity index (χ3n) is 3.05.